The Morgan fingerprint density at radius 3 is 2.33 bits per heavy atom. The Labute approximate surface area is 239 Å². The van der Waals surface area contributed by atoms with Gasteiger partial charge in [-0.2, -0.15) is 23.1 Å². The van der Waals surface area contributed by atoms with Crippen LogP contribution in [0, 0.1) is 16.7 Å². The lowest BCUT2D eigenvalue weighted by molar-refractivity contribution is -0.159. The van der Waals surface area contributed by atoms with Gasteiger partial charge >= 0.3 is 12.1 Å². The molecule has 2 heterocycles. The molecule has 4 bridgehead atoms. The SMILES string of the molecule is O=C(N(CC12CCC(c3nc(C4CC4)no3)(CC1)CC2)c1cccc(-c2noc(C(F)(F)F)n2)c1)C12CC(F)C(C1)C2. The van der Waals surface area contributed by atoms with E-state index in [4.69, 9.17) is 9.51 Å². The van der Waals surface area contributed by atoms with Crippen LogP contribution >= 0.6 is 0 Å². The quantitative estimate of drug-likeness (QED) is 0.282. The Bertz CT molecular complexity index is 1510. The van der Waals surface area contributed by atoms with Gasteiger partial charge in [-0.15, -0.1) is 0 Å². The van der Waals surface area contributed by atoms with Gasteiger partial charge < -0.3 is 13.9 Å². The minimum atomic E-state index is -4.76. The number of nitrogens with zero attached hydrogens (tertiary/aromatic N) is 5. The zero-order valence-electron chi connectivity index (χ0n) is 23.0. The van der Waals surface area contributed by atoms with Gasteiger partial charge in [0.2, 0.25) is 17.6 Å². The molecule has 2 aromatic heterocycles. The van der Waals surface area contributed by atoms with Crippen LogP contribution in [0.15, 0.2) is 33.3 Å². The molecule has 7 fully saturated rings. The third kappa shape index (κ3) is 4.11. The number of hydrogen-bond acceptors (Lipinski definition) is 7. The summed E-state index contributed by atoms with van der Waals surface area (Å²) < 4.78 is 64.1. The summed E-state index contributed by atoms with van der Waals surface area (Å²) in [5.41, 5.74) is -0.107. The number of fused-ring (bicyclic) bond motifs is 4. The molecular formula is C30H31F4N5O3. The first-order valence-electron chi connectivity index (χ1n) is 14.9. The van der Waals surface area contributed by atoms with E-state index >= 15 is 0 Å². The second-order valence-electron chi connectivity index (χ2n) is 13.5. The van der Waals surface area contributed by atoms with Gasteiger partial charge in [0.05, 0.1) is 5.41 Å². The van der Waals surface area contributed by atoms with Crippen molar-refractivity contribution < 1.29 is 31.4 Å². The van der Waals surface area contributed by atoms with Crippen molar-refractivity contribution >= 4 is 11.6 Å². The number of amides is 1. The van der Waals surface area contributed by atoms with E-state index in [2.05, 4.69) is 19.8 Å². The number of hydrogen-bond donors (Lipinski definition) is 0. The predicted octanol–water partition coefficient (Wildman–Crippen LogP) is 6.78. The van der Waals surface area contributed by atoms with Gasteiger partial charge in [0, 0.05) is 29.1 Å². The first kappa shape index (κ1) is 26.3. The minimum Gasteiger partial charge on any atom is -0.339 e. The number of aromatic nitrogens is 4. The summed E-state index contributed by atoms with van der Waals surface area (Å²) in [5, 5.41) is 7.79. The normalized spacial score (nSPS) is 33.5. The lowest BCUT2D eigenvalue weighted by atomic mass is 9.53. The molecule has 0 saturated heterocycles. The fourth-order valence-corrected chi connectivity index (χ4v) is 8.12. The summed E-state index contributed by atoms with van der Waals surface area (Å²) in [4.78, 5) is 24.4. The lowest BCUT2D eigenvalue weighted by Crippen LogP contribution is -2.54. The average Bonchev–Trinajstić information content (AvgIpc) is 3.32. The maximum atomic E-state index is 14.6. The summed E-state index contributed by atoms with van der Waals surface area (Å²) in [6.07, 6.45) is 3.15. The molecule has 0 aliphatic heterocycles. The van der Waals surface area contributed by atoms with E-state index in [1.165, 1.54) is 0 Å². The highest BCUT2D eigenvalue weighted by Gasteiger charge is 2.62. The molecular weight excluding hydrogens is 554 g/mol. The standard InChI is InChI=1S/C30H31F4N5O3/c31-21-15-29(13-19(21)14-29)26(40)39(20-3-1-2-18(12-20)23-36-25(42-38-23)30(32,33)34)16-27-6-9-28(10-7-27,11-8-27)24-35-22(37-41-24)17-4-5-17/h1-3,12,17,19,21H,4-11,13-16H2. The fourth-order valence-electron chi connectivity index (χ4n) is 8.12. The van der Waals surface area contributed by atoms with Gasteiger partial charge in [-0.3, -0.25) is 4.79 Å². The molecule has 0 radical (unpaired) electrons. The minimum absolute atomic E-state index is 0.0691. The average molecular weight is 586 g/mol. The molecule has 3 aromatic rings. The molecule has 1 unspecified atom stereocenters. The first-order valence-corrected chi connectivity index (χ1v) is 14.9. The van der Waals surface area contributed by atoms with Crippen LogP contribution in [0.3, 0.4) is 0 Å². The third-order valence-electron chi connectivity index (χ3n) is 10.9. The molecule has 7 aliphatic rings. The van der Waals surface area contributed by atoms with Gasteiger partial charge in [-0.05, 0) is 94.1 Å². The van der Waals surface area contributed by atoms with Gasteiger partial charge in [0.15, 0.2) is 5.82 Å². The third-order valence-corrected chi connectivity index (χ3v) is 10.9. The van der Waals surface area contributed by atoms with Crippen LogP contribution in [0.1, 0.15) is 94.2 Å². The zero-order valence-corrected chi connectivity index (χ0v) is 23.0. The number of benzene rings is 1. The fraction of sp³-hybridized carbons (Fsp3) is 0.633. The summed E-state index contributed by atoms with van der Waals surface area (Å²) >= 11 is 0. The van der Waals surface area contributed by atoms with Crippen LogP contribution in [0.2, 0.25) is 0 Å². The largest absolute Gasteiger partial charge is 0.471 e. The highest BCUT2D eigenvalue weighted by Crippen LogP contribution is 2.62. The Hall–Kier alpha value is -3.31. The van der Waals surface area contributed by atoms with Crippen molar-refractivity contribution in [2.24, 2.45) is 16.7 Å². The smallest absolute Gasteiger partial charge is 0.339 e. The van der Waals surface area contributed by atoms with Gasteiger partial charge in [0.1, 0.15) is 6.17 Å². The molecule has 1 atom stereocenters. The Balaban J connectivity index is 1.08. The maximum absolute atomic E-state index is 14.6. The van der Waals surface area contributed by atoms with E-state index in [9.17, 15) is 22.4 Å². The maximum Gasteiger partial charge on any atom is 0.471 e. The molecule has 222 valence electrons. The Morgan fingerprint density at radius 2 is 1.71 bits per heavy atom. The van der Waals surface area contributed by atoms with Crippen LogP contribution < -0.4 is 4.90 Å². The number of carbonyl (C=O) groups excluding carboxylic acids is 1. The summed E-state index contributed by atoms with van der Waals surface area (Å²) in [5.74, 6) is 0.208. The zero-order chi connectivity index (χ0) is 28.9. The highest BCUT2D eigenvalue weighted by molar-refractivity contribution is 5.99. The van der Waals surface area contributed by atoms with E-state index in [0.717, 1.165) is 63.1 Å². The number of halogens is 4. The van der Waals surface area contributed by atoms with Crippen molar-refractivity contribution in [2.75, 3.05) is 11.4 Å². The van der Waals surface area contributed by atoms with E-state index in [1.807, 2.05) is 0 Å². The summed E-state index contributed by atoms with van der Waals surface area (Å²) in [6, 6.07) is 6.70. The van der Waals surface area contributed by atoms with Crippen LogP contribution in [0.5, 0.6) is 0 Å². The molecule has 10 rings (SSSR count). The van der Waals surface area contributed by atoms with Crippen LogP contribution in [-0.2, 0) is 16.4 Å². The van der Waals surface area contributed by atoms with E-state index in [1.54, 1.807) is 29.2 Å². The number of rotatable bonds is 7. The molecule has 7 aliphatic carbocycles. The summed E-state index contributed by atoms with van der Waals surface area (Å²) in [6.45, 7) is 0.464. The Kier molecular flexibility index (Phi) is 5.55. The molecule has 0 N–H and O–H groups in total. The Morgan fingerprint density at radius 1 is 0.976 bits per heavy atom. The highest BCUT2D eigenvalue weighted by atomic mass is 19.4. The van der Waals surface area contributed by atoms with Crippen LogP contribution in [-0.4, -0.2) is 38.9 Å². The van der Waals surface area contributed by atoms with Crippen molar-refractivity contribution in [1.82, 2.24) is 20.3 Å². The van der Waals surface area contributed by atoms with E-state index in [-0.39, 0.29) is 34.9 Å². The second kappa shape index (κ2) is 8.86. The molecule has 1 aromatic carbocycles. The second-order valence-corrected chi connectivity index (χ2v) is 13.5. The molecule has 0 spiro atoms. The van der Waals surface area contributed by atoms with Crippen molar-refractivity contribution in [1.29, 1.82) is 0 Å². The molecule has 7 saturated carbocycles. The van der Waals surface area contributed by atoms with Crippen molar-refractivity contribution in [2.45, 2.75) is 94.3 Å². The molecule has 42 heavy (non-hydrogen) atoms. The van der Waals surface area contributed by atoms with E-state index < -0.39 is 23.7 Å². The van der Waals surface area contributed by atoms with Crippen LogP contribution in [0.4, 0.5) is 23.2 Å². The lowest BCUT2D eigenvalue weighted by Gasteiger charge is -2.54. The van der Waals surface area contributed by atoms with Crippen molar-refractivity contribution in [3.8, 4) is 11.4 Å². The van der Waals surface area contributed by atoms with E-state index in [0.29, 0.717) is 36.6 Å². The van der Waals surface area contributed by atoms with Gasteiger partial charge in [-0.1, -0.05) is 22.4 Å². The topological polar surface area (TPSA) is 98.2 Å². The molecule has 8 nitrogen and oxygen atoms in total. The monoisotopic (exact) mass is 585 g/mol. The first-order chi connectivity index (χ1) is 20.1. The van der Waals surface area contributed by atoms with Crippen LogP contribution in [0.25, 0.3) is 11.4 Å². The van der Waals surface area contributed by atoms with Crippen molar-refractivity contribution in [3.63, 3.8) is 0 Å². The van der Waals surface area contributed by atoms with Gasteiger partial charge in [0.25, 0.3) is 0 Å². The predicted molar refractivity (Wildman–Crippen MR) is 140 cm³/mol. The number of alkyl halides is 4. The van der Waals surface area contributed by atoms with Gasteiger partial charge in [-0.25, -0.2) is 4.39 Å². The molecule has 12 heteroatoms. The van der Waals surface area contributed by atoms with Crippen molar-refractivity contribution in [3.05, 3.63) is 41.9 Å². The molecule has 1 amide bonds. The number of carbonyl (C=O) groups is 1. The number of anilines is 1. The summed E-state index contributed by atoms with van der Waals surface area (Å²) in [7, 11) is 0.